The molecule has 0 saturated heterocycles. The van der Waals surface area contributed by atoms with Gasteiger partial charge < -0.3 is 0 Å². The molecule has 0 aliphatic carbocycles. The van der Waals surface area contributed by atoms with E-state index in [1.165, 1.54) is 23.1 Å². The summed E-state index contributed by atoms with van der Waals surface area (Å²) in [5.74, 6) is 0. The third-order valence-electron chi connectivity index (χ3n) is 1.74. The van der Waals surface area contributed by atoms with Crippen molar-refractivity contribution < 1.29 is 0 Å². The molecule has 2 rings (SSSR count). The van der Waals surface area contributed by atoms with Crippen molar-refractivity contribution in [1.29, 1.82) is 0 Å². The number of halogens is 1. The van der Waals surface area contributed by atoms with Gasteiger partial charge in [0.2, 0.25) is 4.74 Å². The SMILES string of the molecule is CSc1nc2ccc(Br)cc2c(=O)s1. The maximum absolute atomic E-state index is 11.7. The van der Waals surface area contributed by atoms with Crippen LogP contribution in [-0.4, -0.2) is 11.2 Å². The molecule has 14 heavy (non-hydrogen) atoms. The lowest BCUT2D eigenvalue weighted by Crippen LogP contribution is -1.97. The van der Waals surface area contributed by atoms with Crippen LogP contribution in [0.1, 0.15) is 0 Å². The summed E-state index contributed by atoms with van der Waals surface area (Å²) >= 11 is 6.02. The van der Waals surface area contributed by atoms with Crippen LogP contribution in [0, 0.1) is 0 Å². The Kier molecular flexibility index (Phi) is 2.90. The average Bonchev–Trinajstić information content (AvgIpc) is 2.19. The summed E-state index contributed by atoms with van der Waals surface area (Å²) in [4.78, 5) is 16.0. The summed E-state index contributed by atoms with van der Waals surface area (Å²) in [6.45, 7) is 0. The lowest BCUT2D eigenvalue weighted by molar-refractivity contribution is 1.28. The Labute approximate surface area is 97.5 Å². The van der Waals surface area contributed by atoms with E-state index in [9.17, 15) is 4.79 Å². The number of fused-ring (bicyclic) bond motifs is 1. The minimum Gasteiger partial charge on any atom is -0.277 e. The zero-order valence-electron chi connectivity index (χ0n) is 7.28. The number of rotatable bonds is 1. The van der Waals surface area contributed by atoms with Crippen LogP contribution in [0.15, 0.2) is 31.8 Å². The monoisotopic (exact) mass is 287 g/mol. The molecule has 2 aromatic rings. The zero-order valence-corrected chi connectivity index (χ0v) is 10.5. The maximum atomic E-state index is 11.7. The summed E-state index contributed by atoms with van der Waals surface area (Å²) in [6, 6.07) is 5.56. The average molecular weight is 288 g/mol. The van der Waals surface area contributed by atoms with Crippen LogP contribution in [0.4, 0.5) is 0 Å². The van der Waals surface area contributed by atoms with Gasteiger partial charge in [0, 0.05) is 4.47 Å². The summed E-state index contributed by atoms with van der Waals surface area (Å²) in [5.41, 5.74) is 0.765. The van der Waals surface area contributed by atoms with Crippen molar-refractivity contribution in [3.05, 3.63) is 32.2 Å². The quantitative estimate of drug-likeness (QED) is 0.755. The zero-order chi connectivity index (χ0) is 10.1. The fourth-order valence-corrected chi connectivity index (χ4v) is 2.80. The van der Waals surface area contributed by atoms with Crippen LogP contribution in [0.5, 0.6) is 0 Å². The molecular formula is C9H6BrNOS2. The van der Waals surface area contributed by atoms with E-state index in [0.717, 1.165) is 14.3 Å². The van der Waals surface area contributed by atoms with E-state index in [1.807, 2.05) is 24.5 Å². The number of thioether (sulfide) groups is 1. The highest BCUT2D eigenvalue weighted by Crippen LogP contribution is 2.21. The minimum atomic E-state index is 0.0700. The molecule has 0 amide bonds. The summed E-state index contributed by atoms with van der Waals surface area (Å²) in [6.07, 6.45) is 1.92. The highest BCUT2D eigenvalue weighted by molar-refractivity contribution is 9.10. The number of hydrogen-bond acceptors (Lipinski definition) is 4. The molecule has 2 nitrogen and oxygen atoms in total. The number of benzene rings is 1. The standard InChI is InChI=1S/C9H6BrNOS2/c1-13-9-11-7-3-2-5(10)4-6(7)8(12)14-9/h2-4H,1H3. The van der Waals surface area contributed by atoms with Gasteiger partial charge in [0.15, 0.2) is 4.34 Å². The van der Waals surface area contributed by atoms with E-state index in [4.69, 9.17) is 0 Å². The molecule has 72 valence electrons. The summed E-state index contributed by atoms with van der Waals surface area (Å²) in [7, 11) is 0. The van der Waals surface area contributed by atoms with Gasteiger partial charge in [0.05, 0.1) is 10.9 Å². The van der Waals surface area contributed by atoms with Gasteiger partial charge in [-0.3, -0.25) is 4.79 Å². The van der Waals surface area contributed by atoms with Crippen molar-refractivity contribution in [2.24, 2.45) is 0 Å². The summed E-state index contributed by atoms with van der Waals surface area (Å²) in [5, 5.41) is 0.683. The first-order valence-electron chi connectivity index (χ1n) is 3.85. The summed E-state index contributed by atoms with van der Waals surface area (Å²) < 4.78 is 1.79. The van der Waals surface area contributed by atoms with Gasteiger partial charge in [-0.15, -0.1) is 0 Å². The van der Waals surface area contributed by atoms with Gasteiger partial charge in [0.25, 0.3) is 0 Å². The normalized spacial score (nSPS) is 10.7. The first kappa shape index (κ1) is 10.1. The second-order valence-electron chi connectivity index (χ2n) is 2.63. The second kappa shape index (κ2) is 4.00. The topological polar surface area (TPSA) is 30.0 Å². The van der Waals surface area contributed by atoms with Gasteiger partial charge in [-0.1, -0.05) is 39.0 Å². The molecule has 1 heterocycles. The Balaban J connectivity index is 2.83. The van der Waals surface area contributed by atoms with Crippen LogP contribution in [0.25, 0.3) is 10.9 Å². The Morgan fingerprint density at radius 1 is 1.50 bits per heavy atom. The van der Waals surface area contributed by atoms with Crippen LogP contribution >= 0.6 is 39.0 Å². The molecule has 0 fully saturated rings. The van der Waals surface area contributed by atoms with Crippen LogP contribution in [0.3, 0.4) is 0 Å². The molecule has 0 spiro atoms. The Bertz CT molecular complexity index is 538. The lowest BCUT2D eigenvalue weighted by atomic mass is 10.3. The predicted octanol–water partition coefficient (Wildman–Crippen LogP) is 3.14. The third-order valence-corrected chi connectivity index (χ3v) is 4.10. The fourth-order valence-electron chi connectivity index (χ4n) is 1.11. The lowest BCUT2D eigenvalue weighted by Gasteiger charge is -1.98. The minimum absolute atomic E-state index is 0.0700. The van der Waals surface area contributed by atoms with Gasteiger partial charge in [-0.05, 0) is 24.5 Å². The van der Waals surface area contributed by atoms with E-state index < -0.39 is 0 Å². The van der Waals surface area contributed by atoms with E-state index in [1.54, 1.807) is 0 Å². The first-order chi connectivity index (χ1) is 6.70. The van der Waals surface area contributed by atoms with Crippen LogP contribution in [0.2, 0.25) is 0 Å². The molecule has 0 unspecified atom stereocenters. The van der Waals surface area contributed by atoms with Crippen molar-refractivity contribution in [1.82, 2.24) is 4.98 Å². The molecule has 0 saturated carbocycles. The Morgan fingerprint density at radius 3 is 3.00 bits per heavy atom. The van der Waals surface area contributed by atoms with Crippen molar-refractivity contribution in [3.63, 3.8) is 0 Å². The highest BCUT2D eigenvalue weighted by atomic mass is 79.9. The third kappa shape index (κ3) is 1.85. The first-order valence-corrected chi connectivity index (χ1v) is 6.68. The van der Waals surface area contributed by atoms with Gasteiger partial charge in [-0.2, -0.15) is 0 Å². The highest BCUT2D eigenvalue weighted by Gasteiger charge is 2.03. The molecule has 0 aliphatic rings. The molecule has 0 aliphatic heterocycles. The van der Waals surface area contributed by atoms with Crippen molar-refractivity contribution in [2.75, 3.05) is 6.26 Å². The smallest absolute Gasteiger partial charge is 0.244 e. The van der Waals surface area contributed by atoms with Gasteiger partial charge >= 0.3 is 0 Å². The molecule has 5 heteroatoms. The fraction of sp³-hybridized carbons (Fsp3) is 0.111. The molecule has 1 aromatic carbocycles. The number of nitrogens with zero attached hydrogens (tertiary/aromatic N) is 1. The molecule has 0 atom stereocenters. The number of hydrogen-bond donors (Lipinski definition) is 0. The number of aromatic nitrogens is 1. The van der Waals surface area contributed by atoms with E-state index in [-0.39, 0.29) is 4.74 Å². The van der Waals surface area contributed by atoms with Crippen LogP contribution < -0.4 is 4.74 Å². The van der Waals surface area contributed by atoms with Crippen molar-refractivity contribution >= 4 is 49.9 Å². The molecule has 0 radical (unpaired) electrons. The second-order valence-corrected chi connectivity index (χ2v) is 5.56. The van der Waals surface area contributed by atoms with Gasteiger partial charge in [0.1, 0.15) is 0 Å². The maximum Gasteiger partial charge on any atom is 0.244 e. The molecular weight excluding hydrogens is 282 g/mol. The van der Waals surface area contributed by atoms with E-state index in [0.29, 0.717) is 5.39 Å². The molecule has 0 bridgehead atoms. The molecule has 0 N–H and O–H groups in total. The van der Waals surface area contributed by atoms with E-state index >= 15 is 0 Å². The van der Waals surface area contributed by atoms with Gasteiger partial charge in [-0.25, -0.2) is 4.98 Å². The van der Waals surface area contributed by atoms with Crippen molar-refractivity contribution in [3.8, 4) is 0 Å². The molecule has 1 aromatic heterocycles. The van der Waals surface area contributed by atoms with E-state index in [2.05, 4.69) is 20.9 Å². The Hall–Kier alpha value is -0.390. The Morgan fingerprint density at radius 2 is 2.29 bits per heavy atom. The van der Waals surface area contributed by atoms with Crippen LogP contribution in [-0.2, 0) is 0 Å². The van der Waals surface area contributed by atoms with Crippen molar-refractivity contribution in [2.45, 2.75) is 4.34 Å². The predicted molar refractivity (Wildman–Crippen MR) is 65.4 cm³/mol. The largest absolute Gasteiger partial charge is 0.277 e.